The fourth-order valence-corrected chi connectivity index (χ4v) is 2.79. The second-order valence-electron chi connectivity index (χ2n) is 4.57. The van der Waals surface area contributed by atoms with Crippen LogP contribution in [0.25, 0.3) is 11.0 Å². The minimum Gasteiger partial charge on any atom is -0.315 e. The minimum atomic E-state index is -1.25. The number of hydrogen-bond acceptors (Lipinski definition) is 5. The van der Waals surface area contributed by atoms with E-state index in [1.807, 2.05) is 0 Å². The van der Waals surface area contributed by atoms with Gasteiger partial charge in [0.1, 0.15) is 5.65 Å². The smallest absolute Gasteiger partial charge is 0.252 e. The van der Waals surface area contributed by atoms with E-state index in [-0.39, 0.29) is 16.8 Å². The summed E-state index contributed by atoms with van der Waals surface area (Å²) in [5.74, 6) is 0. The van der Waals surface area contributed by atoms with E-state index in [0.717, 1.165) is 24.9 Å². The molecule has 100 valence electrons. The molecule has 19 heavy (non-hydrogen) atoms. The van der Waals surface area contributed by atoms with Crippen LogP contribution in [0.15, 0.2) is 28.3 Å². The molecular formula is C12H14N4O2S. The molecule has 6 nitrogen and oxygen atoms in total. The van der Waals surface area contributed by atoms with Crippen LogP contribution in [-0.2, 0) is 10.8 Å². The van der Waals surface area contributed by atoms with Gasteiger partial charge in [0.05, 0.1) is 16.8 Å². The molecule has 1 N–H and O–H groups in total. The van der Waals surface area contributed by atoms with Crippen molar-refractivity contribution in [1.29, 1.82) is 0 Å². The molecule has 1 unspecified atom stereocenters. The second kappa shape index (κ2) is 4.82. The predicted octanol–water partition coefficient (Wildman–Crippen LogP) is 0.0633. The highest BCUT2D eigenvalue weighted by Gasteiger charge is 2.20. The summed E-state index contributed by atoms with van der Waals surface area (Å²) in [7, 11) is -1.25. The molecule has 0 aromatic carbocycles. The lowest BCUT2D eigenvalue weighted by Gasteiger charge is -2.15. The number of pyridine rings is 1. The first kappa shape index (κ1) is 12.4. The van der Waals surface area contributed by atoms with E-state index in [2.05, 4.69) is 15.3 Å². The molecule has 0 amide bonds. The molecule has 1 aliphatic rings. The van der Waals surface area contributed by atoms with Crippen LogP contribution >= 0.6 is 0 Å². The van der Waals surface area contributed by atoms with Crippen LogP contribution in [-0.4, -0.2) is 38.1 Å². The highest BCUT2D eigenvalue weighted by Crippen LogP contribution is 2.18. The number of aromatic nitrogens is 3. The number of fused-ring (bicyclic) bond motifs is 1. The van der Waals surface area contributed by atoms with Gasteiger partial charge in [-0.05, 0) is 19.0 Å². The average Bonchev–Trinajstić information content (AvgIpc) is 2.91. The van der Waals surface area contributed by atoms with Crippen LogP contribution in [0.1, 0.15) is 12.5 Å². The molecule has 0 saturated carbocycles. The summed E-state index contributed by atoms with van der Waals surface area (Å²) in [6, 6.07) is 3.34. The van der Waals surface area contributed by atoms with Crippen LogP contribution in [0.5, 0.6) is 0 Å². The predicted molar refractivity (Wildman–Crippen MR) is 72.7 cm³/mol. The van der Waals surface area contributed by atoms with Gasteiger partial charge in [-0.25, -0.2) is 9.97 Å². The fourth-order valence-electron chi connectivity index (χ4n) is 2.37. The lowest BCUT2D eigenvalue weighted by molar-refractivity contribution is 0.541. The Labute approximate surface area is 112 Å². The van der Waals surface area contributed by atoms with E-state index in [9.17, 15) is 9.00 Å². The molecule has 1 aliphatic heterocycles. The standard InChI is InChI=1S/C12H14N4O2S/c1-19(18)12-14-6-8-2-3-10(17)16(11(8)15-12)9-4-5-13-7-9/h2-3,6,9,13H,4-5,7H2,1H3/t9-,19?/m0/s1. The number of nitrogens with one attached hydrogen (secondary N) is 1. The third-order valence-corrected chi connectivity index (χ3v) is 4.01. The highest BCUT2D eigenvalue weighted by molar-refractivity contribution is 7.84. The normalized spacial score (nSPS) is 20.8. The van der Waals surface area contributed by atoms with E-state index >= 15 is 0 Å². The summed E-state index contributed by atoms with van der Waals surface area (Å²) < 4.78 is 13.2. The second-order valence-corrected chi connectivity index (χ2v) is 5.85. The first-order valence-electron chi connectivity index (χ1n) is 6.09. The van der Waals surface area contributed by atoms with Gasteiger partial charge < -0.3 is 5.32 Å². The minimum absolute atomic E-state index is 0.0762. The van der Waals surface area contributed by atoms with Crippen molar-refractivity contribution < 1.29 is 4.21 Å². The molecule has 3 heterocycles. The quantitative estimate of drug-likeness (QED) is 0.786. The van der Waals surface area contributed by atoms with E-state index in [1.165, 1.54) is 12.3 Å². The molecule has 7 heteroatoms. The first-order valence-corrected chi connectivity index (χ1v) is 7.65. The summed E-state index contributed by atoms with van der Waals surface area (Å²) >= 11 is 0. The number of hydrogen-bond donors (Lipinski definition) is 1. The van der Waals surface area contributed by atoms with Crippen LogP contribution < -0.4 is 10.9 Å². The van der Waals surface area contributed by atoms with Crippen molar-refractivity contribution in [2.45, 2.75) is 17.6 Å². The Balaban J connectivity index is 2.27. The van der Waals surface area contributed by atoms with Gasteiger partial charge in [-0.3, -0.25) is 13.6 Å². The molecule has 1 fully saturated rings. The van der Waals surface area contributed by atoms with Crippen molar-refractivity contribution in [3.8, 4) is 0 Å². The molecule has 1 saturated heterocycles. The molecule has 0 spiro atoms. The van der Waals surface area contributed by atoms with Gasteiger partial charge in [0.25, 0.3) is 5.56 Å². The zero-order chi connectivity index (χ0) is 13.4. The maximum atomic E-state index is 12.1. The monoisotopic (exact) mass is 278 g/mol. The topological polar surface area (TPSA) is 76.9 Å². The van der Waals surface area contributed by atoms with Crippen LogP contribution in [0.2, 0.25) is 0 Å². The fraction of sp³-hybridized carbons (Fsp3) is 0.417. The largest absolute Gasteiger partial charge is 0.315 e. The Morgan fingerprint density at radius 1 is 1.47 bits per heavy atom. The Kier molecular flexibility index (Phi) is 3.16. The van der Waals surface area contributed by atoms with Crippen LogP contribution in [0, 0.1) is 0 Å². The zero-order valence-corrected chi connectivity index (χ0v) is 11.3. The van der Waals surface area contributed by atoms with Gasteiger partial charge in [0.15, 0.2) is 0 Å². The summed E-state index contributed by atoms with van der Waals surface area (Å²) in [6.07, 6.45) is 4.05. The van der Waals surface area contributed by atoms with Gasteiger partial charge in [-0.2, -0.15) is 0 Å². The highest BCUT2D eigenvalue weighted by atomic mass is 32.2. The van der Waals surface area contributed by atoms with Crippen molar-refractivity contribution in [3.05, 3.63) is 28.7 Å². The number of rotatable bonds is 2. The molecule has 3 rings (SSSR count). The van der Waals surface area contributed by atoms with Gasteiger partial charge in [-0.15, -0.1) is 0 Å². The molecule has 0 aliphatic carbocycles. The van der Waals surface area contributed by atoms with E-state index in [4.69, 9.17) is 0 Å². The van der Waals surface area contributed by atoms with Gasteiger partial charge in [-0.1, -0.05) is 0 Å². The Hall–Kier alpha value is -1.60. The van der Waals surface area contributed by atoms with Crippen molar-refractivity contribution in [2.75, 3.05) is 19.3 Å². The SMILES string of the molecule is CS(=O)c1ncc2ccc(=O)n([C@H]3CCNC3)c2n1. The third kappa shape index (κ3) is 2.19. The summed E-state index contributed by atoms with van der Waals surface area (Å²) in [5, 5.41) is 4.29. The molecule has 0 bridgehead atoms. The Bertz CT molecular complexity index is 706. The molecule has 2 atom stereocenters. The Morgan fingerprint density at radius 2 is 2.32 bits per heavy atom. The zero-order valence-electron chi connectivity index (χ0n) is 10.5. The maximum absolute atomic E-state index is 12.1. The summed E-state index contributed by atoms with van der Waals surface area (Å²) in [6.45, 7) is 1.65. The van der Waals surface area contributed by atoms with Crippen molar-refractivity contribution >= 4 is 21.8 Å². The number of nitrogens with zero attached hydrogens (tertiary/aromatic N) is 3. The van der Waals surface area contributed by atoms with Crippen molar-refractivity contribution in [1.82, 2.24) is 19.9 Å². The maximum Gasteiger partial charge on any atom is 0.252 e. The summed E-state index contributed by atoms with van der Waals surface area (Å²) in [5.41, 5.74) is 0.495. The van der Waals surface area contributed by atoms with Crippen LogP contribution in [0.4, 0.5) is 0 Å². The van der Waals surface area contributed by atoms with Crippen molar-refractivity contribution in [3.63, 3.8) is 0 Å². The first-order chi connectivity index (χ1) is 9.16. The van der Waals surface area contributed by atoms with E-state index < -0.39 is 10.8 Å². The molecular weight excluding hydrogens is 264 g/mol. The van der Waals surface area contributed by atoms with Gasteiger partial charge >= 0.3 is 0 Å². The molecule has 0 radical (unpaired) electrons. The third-order valence-electron chi connectivity index (χ3n) is 3.30. The van der Waals surface area contributed by atoms with Gasteiger partial charge in [0, 0.05) is 30.4 Å². The molecule has 2 aromatic heterocycles. The average molecular weight is 278 g/mol. The van der Waals surface area contributed by atoms with E-state index in [1.54, 1.807) is 16.8 Å². The van der Waals surface area contributed by atoms with Gasteiger partial charge in [0.2, 0.25) is 5.16 Å². The Morgan fingerprint density at radius 3 is 3.00 bits per heavy atom. The molecule has 2 aromatic rings. The van der Waals surface area contributed by atoms with Crippen molar-refractivity contribution in [2.24, 2.45) is 0 Å². The lowest BCUT2D eigenvalue weighted by atomic mass is 10.2. The van der Waals surface area contributed by atoms with E-state index in [0.29, 0.717) is 5.65 Å². The lowest BCUT2D eigenvalue weighted by Crippen LogP contribution is -2.26. The van der Waals surface area contributed by atoms with Crippen LogP contribution in [0.3, 0.4) is 0 Å². The summed E-state index contributed by atoms with van der Waals surface area (Å²) in [4.78, 5) is 20.5.